The van der Waals surface area contributed by atoms with Crippen LogP contribution < -0.4 is 15.4 Å². The lowest BCUT2D eigenvalue weighted by atomic mass is 9.87. The van der Waals surface area contributed by atoms with Crippen molar-refractivity contribution in [2.45, 2.75) is 51.0 Å². The molecule has 2 fully saturated rings. The SMILES string of the molecule is O=C(NCCNC(=O)N1CCC(Cc2ccccc2)CC1)c1ccc(O[C@H]2CC[C@@H](C(=O)O)CC2)cc1. The highest BCUT2D eigenvalue weighted by atomic mass is 16.5. The third-order valence-corrected chi connectivity index (χ3v) is 7.40. The van der Waals surface area contributed by atoms with Gasteiger partial charge in [-0.1, -0.05) is 30.3 Å². The summed E-state index contributed by atoms with van der Waals surface area (Å²) in [6, 6.07) is 17.4. The molecule has 0 bridgehead atoms. The number of urea groups is 1. The Morgan fingerprint density at radius 3 is 2.14 bits per heavy atom. The van der Waals surface area contributed by atoms with Crippen molar-refractivity contribution >= 4 is 17.9 Å². The summed E-state index contributed by atoms with van der Waals surface area (Å²) in [5.74, 6) is 0.0782. The maximum atomic E-state index is 12.5. The first-order chi connectivity index (χ1) is 18.0. The number of carbonyl (C=O) groups excluding carboxylic acids is 2. The smallest absolute Gasteiger partial charge is 0.317 e. The number of nitrogens with zero attached hydrogens (tertiary/aromatic N) is 1. The van der Waals surface area contributed by atoms with E-state index in [0.29, 0.717) is 43.2 Å². The first-order valence-electron chi connectivity index (χ1n) is 13.3. The van der Waals surface area contributed by atoms with Crippen LogP contribution in [-0.2, 0) is 11.2 Å². The Labute approximate surface area is 218 Å². The van der Waals surface area contributed by atoms with Crippen LogP contribution in [0, 0.1) is 11.8 Å². The fourth-order valence-electron chi connectivity index (χ4n) is 5.15. The molecule has 1 saturated heterocycles. The summed E-state index contributed by atoms with van der Waals surface area (Å²) in [6.45, 7) is 2.23. The Kier molecular flexibility index (Phi) is 9.40. The lowest BCUT2D eigenvalue weighted by molar-refractivity contribution is -0.143. The molecular weight excluding hydrogens is 470 g/mol. The predicted molar refractivity (Wildman–Crippen MR) is 141 cm³/mol. The van der Waals surface area contributed by atoms with Gasteiger partial charge in [0, 0.05) is 31.7 Å². The number of carbonyl (C=O) groups is 3. The van der Waals surface area contributed by atoms with Crippen molar-refractivity contribution in [3.8, 4) is 5.75 Å². The van der Waals surface area contributed by atoms with Crippen LogP contribution in [0.2, 0.25) is 0 Å². The van der Waals surface area contributed by atoms with Crippen LogP contribution in [0.4, 0.5) is 4.79 Å². The quantitative estimate of drug-likeness (QED) is 0.443. The van der Waals surface area contributed by atoms with E-state index in [1.165, 1.54) is 5.56 Å². The number of amides is 3. The minimum atomic E-state index is -0.729. The molecule has 2 aliphatic rings. The first kappa shape index (κ1) is 26.5. The second kappa shape index (κ2) is 13.1. The van der Waals surface area contributed by atoms with Gasteiger partial charge < -0.3 is 25.4 Å². The van der Waals surface area contributed by atoms with Crippen molar-refractivity contribution in [2.24, 2.45) is 11.8 Å². The van der Waals surface area contributed by atoms with Gasteiger partial charge >= 0.3 is 12.0 Å². The average Bonchev–Trinajstić information content (AvgIpc) is 2.92. The number of likely N-dealkylation sites (tertiary alicyclic amines) is 1. The van der Waals surface area contributed by atoms with Crippen LogP contribution in [0.15, 0.2) is 54.6 Å². The van der Waals surface area contributed by atoms with Gasteiger partial charge in [0.2, 0.25) is 0 Å². The van der Waals surface area contributed by atoms with Crippen LogP contribution in [0.1, 0.15) is 54.4 Å². The highest BCUT2D eigenvalue weighted by Gasteiger charge is 2.27. The normalized spacial score (nSPS) is 20.2. The Morgan fingerprint density at radius 1 is 0.838 bits per heavy atom. The molecule has 2 aromatic rings. The Bertz CT molecular complexity index is 1030. The fraction of sp³-hybridized carbons (Fsp3) is 0.483. The van der Waals surface area contributed by atoms with Crippen molar-refractivity contribution in [1.82, 2.24) is 15.5 Å². The van der Waals surface area contributed by atoms with Crippen molar-refractivity contribution in [3.05, 3.63) is 65.7 Å². The number of carboxylic acids is 1. The molecular formula is C29H37N3O5. The number of benzene rings is 2. The van der Waals surface area contributed by atoms with E-state index in [1.807, 2.05) is 11.0 Å². The molecule has 2 aromatic carbocycles. The molecule has 0 radical (unpaired) electrons. The number of hydrogen-bond donors (Lipinski definition) is 3. The average molecular weight is 508 g/mol. The van der Waals surface area contributed by atoms with Gasteiger partial charge in [-0.05, 0) is 80.7 Å². The maximum Gasteiger partial charge on any atom is 0.317 e. The molecule has 4 rings (SSSR count). The van der Waals surface area contributed by atoms with E-state index in [-0.39, 0.29) is 24.0 Å². The van der Waals surface area contributed by atoms with E-state index >= 15 is 0 Å². The number of piperidine rings is 1. The molecule has 198 valence electrons. The third kappa shape index (κ3) is 7.97. The van der Waals surface area contributed by atoms with Gasteiger partial charge in [0.25, 0.3) is 5.91 Å². The van der Waals surface area contributed by atoms with Crippen LogP contribution in [-0.4, -0.2) is 60.2 Å². The second-order valence-corrected chi connectivity index (χ2v) is 10.1. The molecule has 8 nitrogen and oxygen atoms in total. The summed E-state index contributed by atoms with van der Waals surface area (Å²) in [5, 5.41) is 14.9. The lowest BCUT2D eigenvalue weighted by Gasteiger charge is -2.32. The van der Waals surface area contributed by atoms with E-state index in [4.69, 9.17) is 9.84 Å². The van der Waals surface area contributed by atoms with Crippen molar-refractivity contribution in [2.75, 3.05) is 26.2 Å². The zero-order chi connectivity index (χ0) is 26.0. The molecule has 37 heavy (non-hydrogen) atoms. The number of ether oxygens (including phenoxy) is 1. The van der Waals surface area contributed by atoms with Crippen molar-refractivity contribution in [3.63, 3.8) is 0 Å². The number of carboxylic acid groups (broad SMARTS) is 1. The summed E-state index contributed by atoms with van der Waals surface area (Å²) >= 11 is 0. The number of hydrogen-bond acceptors (Lipinski definition) is 4. The van der Waals surface area contributed by atoms with E-state index in [2.05, 4.69) is 34.9 Å². The standard InChI is InChI=1S/C29H37N3O5/c33-27(23-6-10-25(11-7-23)37-26-12-8-24(9-13-26)28(34)35)30-16-17-31-29(36)32-18-14-22(15-19-32)20-21-4-2-1-3-5-21/h1-7,10-11,22,24,26H,8-9,12-20H2,(H,30,33)(H,31,36)(H,34,35)/t24-,26+. The summed E-state index contributed by atoms with van der Waals surface area (Å²) in [7, 11) is 0. The third-order valence-electron chi connectivity index (χ3n) is 7.40. The van der Waals surface area contributed by atoms with Gasteiger partial charge in [0.1, 0.15) is 5.75 Å². The summed E-state index contributed by atoms with van der Waals surface area (Å²) in [6.07, 6.45) is 5.77. The topological polar surface area (TPSA) is 108 Å². The summed E-state index contributed by atoms with van der Waals surface area (Å²) < 4.78 is 5.96. The predicted octanol–water partition coefficient (Wildman–Crippen LogP) is 4.10. The Hall–Kier alpha value is -3.55. The molecule has 0 spiro atoms. The van der Waals surface area contributed by atoms with Crippen LogP contribution >= 0.6 is 0 Å². The minimum absolute atomic E-state index is 0.00791. The van der Waals surface area contributed by atoms with E-state index in [9.17, 15) is 14.4 Å². The monoisotopic (exact) mass is 507 g/mol. The van der Waals surface area contributed by atoms with Crippen molar-refractivity contribution in [1.29, 1.82) is 0 Å². The van der Waals surface area contributed by atoms with Crippen LogP contribution in [0.25, 0.3) is 0 Å². The molecule has 1 heterocycles. The van der Waals surface area contributed by atoms with Gasteiger partial charge in [0.05, 0.1) is 12.0 Å². The molecule has 3 N–H and O–H groups in total. The van der Waals surface area contributed by atoms with Crippen LogP contribution in [0.3, 0.4) is 0 Å². The van der Waals surface area contributed by atoms with Crippen molar-refractivity contribution < 1.29 is 24.2 Å². The highest BCUT2D eigenvalue weighted by molar-refractivity contribution is 5.94. The maximum absolute atomic E-state index is 12.5. The largest absolute Gasteiger partial charge is 0.490 e. The van der Waals surface area contributed by atoms with E-state index < -0.39 is 5.97 Å². The molecule has 3 amide bonds. The molecule has 1 saturated carbocycles. The fourth-order valence-corrected chi connectivity index (χ4v) is 5.15. The van der Waals surface area contributed by atoms with Crippen LogP contribution in [0.5, 0.6) is 5.75 Å². The molecule has 0 unspecified atom stereocenters. The zero-order valence-electron chi connectivity index (χ0n) is 21.2. The summed E-state index contributed by atoms with van der Waals surface area (Å²) in [4.78, 5) is 37.9. The Balaban J connectivity index is 1.10. The van der Waals surface area contributed by atoms with Gasteiger partial charge in [-0.25, -0.2) is 4.79 Å². The second-order valence-electron chi connectivity index (χ2n) is 10.1. The van der Waals surface area contributed by atoms with Gasteiger partial charge in [-0.2, -0.15) is 0 Å². The minimum Gasteiger partial charge on any atom is -0.490 e. The lowest BCUT2D eigenvalue weighted by Crippen LogP contribution is -2.46. The van der Waals surface area contributed by atoms with Gasteiger partial charge in [-0.3, -0.25) is 9.59 Å². The van der Waals surface area contributed by atoms with E-state index in [1.54, 1.807) is 24.3 Å². The number of rotatable bonds is 9. The molecule has 1 aliphatic carbocycles. The molecule has 8 heteroatoms. The Morgan fingerprint density at radius 2 is 1.49 bits per heavy atom. The zero-order valence-corrected chi connectivity index (χ0v) is 21.2. The van der Waals surface area contributed by atoms with Gasteiger partial charge in [-0.15, -0.1) is 0 Å². The summed E-state index contributed by atoms with van der Waals surface area (Å²) in [5.41, 5.74) is 1.87. The number of aliphatic carboxylic acids is 1. The number of nitrogens with one attached hydrogen (secondary N) is 2. The highest BCUT2D eigenvalue weighted by Crippen LogP contribution is 2.28. The first-order valence-corrected chi connectivity index (χ1v) is 13.3. The molecule has 1 aliphatic heterocycles. The van der Waals surface area contributed by atoms with E-state index in [0.717, 1.165) is 45.2 Å². The molecule has 0 aromatic heterocycles. The van der Waals surface area contributed by atoms with Gasteiger partial charge in [0.15, 0.2) is 0 Å². The molecule has 0 atom stereocenters.